The van der Waals surface area contributed by atoms with Crippen LogP contribution in [0.4, 0.5) is 0 Å². The zero-order valence-electron chi connectivity index (χ0n) is 9.20. The summed E-state index contributed by atoms with van der Waals surface area (Å²) < 4.78 is 10.6. The van der Waals surface area contributed by atoms with Crippen LogP contribution in [0.3, 0.4) is 0 Å². The number of hydrogen-bond donors (Lipinski definition) is 0. The third-order valence-electron chi connectivity index (χ3n) is 1.99. The largest absolute Gasteiger partial charge is 0.493 e. The van der Waals surface area contributed by atoms with Crippen LogP contribution in [0.5, 0.6) is 11.5 Å². The Balaban J connectivity index is 2.95. The van der Waals surface area contributed by atoms with Gasteiger partial charge in [0.25, 0.3) is 0 Å². The van der Waals surface area contributed by atoms with Crippen LogP contribution < -0.4 is 9.47 Å². The number of benzene rings is 1. The van der Waals surface area contributed by atoms with Crippen molar-refractivity contribution in [3.63, 3.8) is 0 Å². The Bertz CT molecular complexity index is 399. The predicted molar refractivity (Wildman–Crippen MR) is 63.5 cm³/mol. The summed E-state index contributed by atoms with van der Waals surface area (Å²) in [5.74, 6) is 0.977. The lowest BCUT2D eigenvalue weighted by Gasteiger charge is -2.12. The van der Waals surface area contributed by atoms with E-state index < -0.39 is 0 Å². The maximum absolute atomic E-state index is 10.8. The molecule has 1 aromatic carbocycles. The van der Waals surface area contributed by atoms with Crippen LogP contribution in [0, 0.1) is 0 Å². The number of ether oxygens (including phenoxy) is 2. The molecular weight excluding hydrogens is 228 g/mol. The zero-order valence-corrected chi connectivity index (χ0v) is 9.95. The molecule has 0 spiro atoms. The number of rotatable bonds is 5. The molecule has 0 fully saturated rings. The van der Waals surface area contributed by atoms with Crippen LogP contribution in [0.15, 0.2) is 29.3 Å². The smallest absolute Gasteiger partial charge is 0.172 e. The highest BCUT2D eigenvalue weighted by Crippen LogP contribution is 2.30. The van der Waals surface area contributed by atoms with E-state index in [1.807, 2.05) is 6.92 Å². The minimum atomic E-state index is 0.324. The van der Waals surface area contributed by atoms with Crippen LogP contribution >= 0.6 is 11.6 Å². The van der Waals surface area contributed by atoms with E-state index in [0.717, 1.165) is 11.9 Å². The van der Waals surface area contributed by atoms with Crippen molar-refractivity contribution in [3.8, 4) is 11.5 Å². The fourth-order valence-corrected chi connectivity index (χ4v) is 1.22. The summed E-state index contributed by atoms with van der Waals surface area (Å²) in [4.78, 5) is 10.8. The molecule has 0 aromatic heterocycles. The van der Waals surface area contributed by atoms with Crippen molar-refractivity contribution in [2.75, 3.05) is 13.7 Å². The van der Waals surface area contributed by atoms with Crippen molar-refractivity contribution in [2.24, 2.45) is 0 Å². The van der Waals surface area contributed by atoms with Crippen molar-refractivity contribution in [2.45, 2.75) is 6.92 Å². The lowest BCUT2D eigenvalue weighted by Crippen LogP contribution is -2.02. The molecule has 0 N–H and O–H groups in total. The van der Waals surface area contributed by atoms with Gasteiger partial charge in [-0.3, -0.25) is 4.79 Å². The van der Waals surface area contributed by atoms with Gasteiger partial charge in [0.2, 0.25) is 0 Å². The van der Waals surface area contributed by atoms with E-state index in [9.17, 15) is 4.79 Å². The van der Waals surface area contributed by atoms with Crippen molar-refractivity contribution in [1.29, 1.82) is 0 Å². The number of carbonyl (C=O) groups is 1. The Morgan fingerprint density at radius 3 is 2.81 bits per heavy atom. The molecule has 0 aliphatic heterocycles. The molecule has 0 saturated heterocycles. The van der Waals surface area contributed by atoms with Gasteiger partial charge < -0.3 is 9.47 Å². The molecule has 0 unspecified atom stereocenters. The van der Waals surface area contributed by atoms with Crippen molar-refractivity contribution < 1.29 is 14.3 Å². The maximum Gasteiger partial charge on any atom is 0.172 e. The summed E-state index contributed by atoms with van der Waals surface area (Å²) in [6.07, 6.45) is 0.734. The fourth-order valence-electron chi connectivity index (χ4n) is 1.16. The van der Waals surface area contributed by atoms with Crippen molar-refractivity contribution in [3.05, 3.63) is 34.9 Å². The summed E-state index contributed by atoms with van der Waals surface area (Å²) >= 11 is 5.52. The fraction of sp³-hybridized carbons (Fsp3) is 0.250. The summed E-state index contributed by atoms with van der Waals surface area (Å²) in [6, 6.07) is 5.15. The van der Waals surface area contributed by atoms with Gasteiger partial charge in [0.15, 0.2) is 17.8 Å². The van der Waals surface area contributed by atoms with Crippen LogP contribution in [0.2, 0.25) is 0 Å². The van der Waals surface area contributed by atoms with E-state index in [1.165, 1.54) is 12.6 Å². The van der Waals surface area contributed by atoms with Gasteiger partial charge in [0.1, 0.15) is 6.61 Å². The Morgan fingerprint density at radius 2 is 2.25 bits per heavy atom. The van der Waals surface area contributed by atoms with Gasteiger partial charge in [-0.15, -0.1) is 0 Å². The minimum absolute atomic E-state index is 0.324. The topological polar surface area (TPSA) is 35.5 Å². The zero-order chi connectivity index (χ0) is 12.0. The van der Waals surface area contributed by atoms with Crippen LogP contribution in [-0.4, -0.2) is 20.0 Å². The molecule has 86 valence electrons. The highest BCUT2D eigenvalue weighted by Gasteiger charge is 2.09. The van der Waals surface area contributed by atoms with Gasteiger partial charge >= 0.3 is 0 Å². The van der Waals surface area contributed by atoms with Gasteiger partial charge in [-0.05, 0) is 24.6 Å². The number of aldehydes is 1. The molecule has 0 amide bonds. The molecule has 1 rings (SSSR count). The molecule has 4 heteroatoms. The monoisotopic (exact) mass is 240 g/mol. The Hall–Kier alpha value is -1.48. The first-order valence-corrected chi connectivity index (χ1v) is 5.17. The van der Waals surface area contributed by atoms with Gasteiger partial charge in [0.05, 0.1) is 12.7 Å². The highest BCUT2D eigenvalue weighted by atomic mass is 35.5. The molecular formula is C12H13ClO3. The molecule has 1 aromatic rings. The average Bonchev–Trinajstić information content (AvgIpc) is 2.35. The van der Waals surface area contributed by atoms with Crippen molar-refractivity contribution in [1.82, 2.24) is 0 Å². The molecule has 0 bridgehead atoms. The first kappa shape index (κ1) is 12.6. The Morgan fingerprint density at radius 1 is 1.50 bits per heavy atom. The molecule has 0 aliphatic carbocycles. The predicted octanol–water partition coefficient (Wildman–Crippen LogP) is 3.03. The number of para-hydroxylation sites is 1. The second kappa shape index (κ2) is 6.18. The molecule has 3 nitrogen and oxygen atoms in total. The summed E-state index contributed by atoms with van der Waals surface area (Å²) in [6.45, 7) is 2.16. The standard InChI is InChI=1S/C12H13ClO3/c1-9(6-13)8-16-12-10(7-14)4-3-5-11(12)15-2/h3-7H,8H2,1-2H3/b9-6+. The minimum Gasteiger partial charge on any atom is -0.493 e. The molecule has 0 atom stereocenters. The van der Waals surface area contributed by atoms with Gasteiger partial charge in [-0.1, -0.05) is 17.7 Å². The Kier molecular flexibility index (Phi) is 4.86. The SMILES string of the molecule is COc1cccc(C=O)c1OC/C(C)=C/Cl. The summed E-state index contributed by atoms with van der Waals surface area (Å²) in [7, 11) is 1.53. The van der Waals surface area contributed by atoms with Crippen molar-refractivity contribution >= 4 is 17.9 Å². The van der Waals surface area contributed by atoms with E-state index in [-0.39, 0.29) is 0 Å². The summed E-state index contributed by atoms with van der Waals surface area (Å²) in [5, 5.41) is 0. The molecule has 0 aliphatic rings. The third-order valence-corrected chi connectivity index (χ3v) is 2.36. The summed E-state index contributed by atoms with van der Waals surface area (Å²) in [5.41, 5.74) is 2.77. The van der Waals surface area contributed by atoms with E-state index in [4.69, 9.17) is 21.1 Å². The third kappa shape index (κ3) is 3.00. The normalized spacial score (nSPS) is 11.1. The number of halogens is 1. The molecule has 0 heterocycles. The van der Waals surface area contributed by atoms with Gasteiger partial charge in [0, 0.05) is 5.54 Å². The number of carbonyl (C=O) groups excluding carboxylic acids is 1. The van der Waals surface area contributed by atoms with Gasteiger partial charge in [-0.25, -0.2) is 0 Å². The highest BCUT2D eigenvalue weighted by molar-refractivity contribution is 6.25. The van der Waals surface area contributed by atoms with E-state index in [2.05, 4.69) is 0 Å². The lowest BCUT2D eigenvalue weighted by molar-refractivity contribution is 0.111. The van der Waals surface area contributed by atoms with Crippen LogP contribution in [-0.2, 0) is 0 Å². The lowest BCUT2D eigenvalue weighted by atomic mass is 10.2. The molecule has 16 heavy (non-hydrogen) atoms. The first-order valence-electron chi connectivity index (χ1n) is 4.73. The van der Waals surface area contributed by atoms with Crippen LogP contribution in [0.1, 0.15) is 17.3 Å². The van der Waals surface area contributed by atoms with E-state index in [0.29, 0.717) is 23.7 Å². The second-order valence-electron chi connectivity index (χ2n) is 3.24. The quantitative estimate of drug-likeness (QED) is 0.742. The van der Waals surface area contributed by atoms with E-state index in [1.54, 1.807) is 18.2 Å². The molecule has 0 saturated carbocycles. The Labute approximate surface area is 99.6 Å². The number of hydrogen-bond acceptors (Lipinski definition) is 3. The number of methoxy groups -OCH3 is 1. The first-order chi connectivity index (χ1) is 7.72. The van der Waals surface area contributed by atoms with Gasteiger partial charge in [-0.2, -0.15) is 0 Å². The second-order valence-corrected chi connectivity index (χ2v) is 3.46. The maximum atomic E-state index is 10.8. The molecule has 0 radical (unpaired) electrons. The van der Waals surface area contributed by atoms with E-state index >= 15 is 0 Å². The average molecular weight is 241 g/mol. The van der Waals surface area contributed by atoms with Crippen LogP contribution in [0.25, 0.3) is 0 Å².